The van der Waals surface area contributed by atoms with Gasteiger partial charge in [0.05, 0.1) is 11.5 Å². The van der Waals surface area contributed by atoms with Gasteiger partial charge in [0.2, 0.25) is 0 Å². The number of carbonyl (C=O) groups excluding carboxylic acids is 1. The normalized spacial score (nSPS) is 11.6. The first-order chi connectivity index (χ1) is 11.2. The summed E-state index contributed by atoms with van der Waals surface area (Å²) in [6.45, 7) is 1.82. The number of pyridine rings is 1. The molecule has 3 aromatic rings. The van der Waals surface area contributed by atoms with E-state index < -0.39 is 0 Å². The number of para-hydroxylation sites is 2. The van der Waals surface area contributed by atoms with Crippen molar-refractivity contribution in [3.63, 3.8) is 0 Å². The maximum absolute atomic E-state index is 11.8. The Kier molecular flexibility index (Phi) is 4.68. The molecule has 0 atom stereocenters. The van der Waals surface area contributed by atoms with Crippen molar-refractivity contribution >= 4 is 34.5 Å². The molecule has 0 fully saturated rings. The van der Waals surface area contributed by atoms with E-state index in [1.54, 1.807) is 12.4 Å². The van der Waals surface area contributed by atoms with Crippen LogP contribution in [-0.2, 0) is 4.79 Å². The van der Waals surface area contributed by atoms with Gasteiger partial charge in [0.1, 0.15) is 5.52 Å². The first-order valence-electron chi connectivity index (χ1n) is 6.94. The third-order valence-electron chi connectivity index (χ3n) is 3.05. The van der Waals surface area contributed by atoms with Crippen LogP contribution in [0.4, 0.5) is 0 Å². The van der Waals surface area contributed by atoms with Gasteiger partial charge in [0.15, 0.2) is 5.58 Å². The quantitative estimate of drug-likeness (QED) is 0.443. The summed E-state index contributed by atoms with van der Waals surface area (Å²) in [5, 5.41) is 4.54. The number of nitrogens with zero attached hydrogens (tertiary/aromatic N) is 3. The standard InChI is InChI=1S/C16H14N4O2S/c1-11(12-6-8-17-9-7-12)19-20-15(21)10-23-16-18-13-4-2-3-5-14(13)22-16/h2-9H,10H2,1H3,(H,20,21)/b19-11-. The Labute approximate surface area is 137 Å². The molecule has 0 aliphatic rings. The summed E-state index contributed by atoms with van der Waals surface area (Å²) < 4.78 is 5.54. The fraction of sp³-hybridized carbons (Fsp3) is 0.125. The first-order valence-corrected chi connectivity index (χ1v) is 7.93. The summed E-state index contributed by atoms with van der Waals surface area (Å²) in [7, 11) is 0. The second-order valence-electron chi connectivity index (χ2n) is 4.70. The van der Waals surface area contributed by atoms with Gasteiger partial charge < -0.3 is 4.42 Å². The molecule has 1 amide bonds. The van der Waals surface area contributed by atoms with Gasteiger partial charge >= 0.3 is 0 Å². The van der Waals surface area contributed by atoms with E-state index in [1.807, 2.05) is 43.3 Å². The van der Waals surface area contributed by atoms with Crippen molar-refractivity contribution in [2.75, 3.05) is 5.75 Å². The third-order valence-corrected chi connectivity index (χ3v) is 3.88. The zero-order chi connectivity index (χ0) is 16.1. The molecule has 116 valence electrons. The molecule has 1 N–H and O–H groups in total. The highest BCUT2D eigenvalue weighted by Gasteiger charge is 2.08. The summed E-state index contributed by atoms with van der Waals surface area (Å²) in [5.41, 5.74) is 5.64. The molecule has 7 heteroatoms. The smallest absolute Gasteiger partial charge is 0.257 e. The fourth-order valence-electron chi connectivity index (χ4n) is 1.88. The molecule has 3 rings (SSSR count). The van der Waals surface area contributed by atoms with Crippen LogP contribution in [0.15, 0.2) is 63.5 Å². The maximum atomic E-state index is 11.8. The lowest BCUT2D eigenvalue weighted by Crippen LogP contribution is -2.21. The number of nitrogens with one attached hydrogen (secondary N) is 1. The molecule has 1 aromatic carbocycles. The highest BCUT2D eigenvalue weighted by molar-refractivity contribution is 7.99. The molecule has 2 heterocycles. The third kappa shape index (κ3) is 3.95. The van der Waals surface area contributed by atoms with E-state index in [4.69, 9.17) is 4.42 Å². The largest absolute Gasteiger partial charge is 0.431 e. The van der Waals surface area contributed by atoms with Crippen molar-refractivity contribution in [1.82, 2.24) is 15.4 Å². The molecule has 6 nitrogen and oxygen atoms in total. The molecule has 0 aliphatic carbocycles. The minimum atomic E-state index is -0.217. The Morgan fingerprint density at radius 2 is 2.04 bits per heavy atom. The molecule has 0 unspecified atom stereocenters. The van der Waals surface area contributed by atoms with Crippen LogP contribution in [0.2, 0.25) is 0 Å². The number of amides is 1. The van der Waals surface area contributed by atoms with Gasteiger partial charge in [-0.15, -0.1) is 0 Å². The lowest BCUT2D eigenvalue weighted by Gasteiger charge is -2.01. The predicted octanol–water partition coefficient (Wildman–Crippen LogP) is 2.86. The van der Waals surface area contributed by atoms with Gasteiger partial charge in [-0.1, -0.05) is 23.9 Å². The van der Waals surface area contributed by atoms with E-state index in [2.05, 4.69) is 20.5 Å². The first kappa shape index (κ1) is 15.2. The van der Waals surface area contributed by atoms with E-state index in [0.717, 1.165) is 11.1 Å². The fourth-order valence-corrected chi connectivity index (χ4v) is 2.51. The molecule has 0 bridgehead atoms. The van der Waals surface area contributed by atoms with E-state index >= 15 is 0 Å². The minimum Gasteiger partial charge on any atom is -0.431 e. The highest BCUT2D eigenvalue weighted by Crippen LogP contribution is 2.22. The summed E-state index contributed by atoms with van der Waals surface area (Å²) in [6.07, 6.45) is 3.36. The number of benzene rings is 1. The monoisotopic (exact) mass is 326 g/mol. The number of hydrogen-bond donors (Lipinski definition) is 1. The minimum absolute atomic E-state index is 0.181. The molecule has 0 aliphatic heterocycles. The highest BCUT2D eigenvalue weighted by atomic mass is 32.2. The van der Waals surface area contributed by atoms with Crippen molar-refractivity contribution < 1.29 is 9.21 Å². The average molecular weight is 326 g/mol. The van der Waals surface area contributed by atoms with Crippen LogP contribution in [0, 0.1) is 0 Å². The van der Waals surface area contributed by atoms with Crippen molar-refractivity contribution in [2.24, 2.45) is 5.10 Å². The molecule has 0 saturated heterocycles. The number of carbonyl (C=O) groups is 1. The van der Waals surface area contributed by atoms with Crippen LogP contribution in [0.3, 0.4) is 0 Å². The molecular formula is C16H14N4O2S. The molecule has 2 aromatic heterocycles. The lowest BCUT2D eigenvalue weighted by molar-refractivity contribution is -0.118. The SMILES string of the molecule is C/C(=N/NC(=O)CSc1nc2ccccc2o1)c1ccncc1. The summed E-state index contributed by atoms with van der Waals surface area (Å²) in [6, 6.07) is 11.1. The number of thioether (sulfide) groups is 1. The van der Waals surface area contributed by atoms with Gasteiger partial charge in [0, 0.05) is 18.0 Å². The number of aromatic nitrogens is 2. The van der Waals surface area contributed by atoms with E-state index in [-0.39, 0.29) is 11.7 Å². The molecule has 0 radical (unpaired) electrons. The molecule has 0 spiro atoms. The Hall–Kier alpha value is -2.67. The summed E-state index contributed by atoms with van der Waals surface area (Å²) in [5.74, 6) is -0.0365. The number of hydrogen-bond acceptors (Lipinski definition) is 6. The van der Waals surface area contributed by atoms with Crippen molar-refractivity contribution in [2.45, 2.75) is 12.1 Å². The Balaban J connectivity index is 1.55. The number of hydrazone groups is 1. The van der Waals surface area contributed by atoms with E-state index in [0.29, 0.717) is 16.5 Å². The second kappa shape index (κ2) is 7.06. The van der Waals surface area contributed by atoms with Gasteiger partial charge in [-0.05, 0) is 31.2 Å². The van der Waals surface area contributed by atoms with Crippen LogP contribution >= 0.6 is 11.8 Å². The lowest BCUT2D eigenvalue weighted by atomic mass is 10.2. The van der Waals surface area contributed by atoms with Gasteiger partial charge in [-0.2, -0.15) is 5.10 Å². The van der Waals surface area contributed by atoms with Crippen molar-refractivity contribution in [1.29, 1.82) is 0 Å². The second-order valence-corrected chi connectivity index (χ2v) is 5.63. The molecule has 23 heavy (non-hydrogen) atoms. The van der Waals surface area contributed by atoms with Crippen LogP contribution in [0.1, 0.15) is 12.5 Å². The van der Waals surface area contributed by atoms with Crippen molar-refractivity contribution in [3.05, 3.63) is 54.4 Å². The van der Waals surface area contributed by atoms with Gasteiger partial charge in [-0.25, -0.2) is 10.4 Å². The zero-order valence-corrected chi connectivity index (χ0v) is 13.2. The maximum Gasteiger partial charge on any atom is 0.257 e. The van der Waals surface area contributed by atoms with Gasteiger partial charge in [-0.3, -0.25) is 9.78 Å². The predicted molar refractivity (Wildman–Crippen MR) is 89.3 cm³/mol. The van der Waals surface area contributed by atoms with Crippen molar-refractivity contribution in [3.8, 4) is 0 Å². The van der Waals surface area contributed by atoms with Crippen LogP contribution < -0.4 is 5.43 Å². The number of rotatable bonds is 5. The molecule has 0 saturated carbocycles. The molecular weight excluding hydrogens is 312 g/mol. The van der Waals surface area contributed by atoms with Gasteiger partial charge in [0.25, 0.3) is 11.1 Å². The average Bonchev–Trinajstić information content (AvgIpc) is 3.01. The summed E-state index contributed by atoms with van der Waals surface area (Å²) in [4.78, 5) is 20.1. The topological polar surface area (TPSA) is 80.4 Å². The zero-order valence-electron chi connectivity index (χ0n) is 12.4. The Morgan fingerprint density at radius 3 is 2.83 bits per heavy atom. The van der Waals surface area contributed by atoms with E-state index in [1.165, 1.54) is 11.8 Å². The van der Waals surface area contributed by atoms with Crippen LogP contribution in [0.5, 0.6) is 0 Å². The number of fused-ring (bicyclic) bond motifs is 1. The summed E-state index contributed by atoms with van der Waals surface area (Å²) >= 11 is 1.23. The Bertz CT molecular complexity index is 812. The van der Waals surface area contributed by atoms with E-state index in [9.17, 15) is 4.79 Å². The number of oxazole rings is 1. The Morgan fingerprint density at radius 1 is 1.26 bits per heavy atom. The van der Waals surface area contributed by atoms with Crippen LogP contribution in [0.25, 0.3) is 11.1 Å². The van der Waals surface area contributed by atoms with Crippen LogP contribution in [-0.4, -0.2) is 27.3 Å².